The minimum atomic E-state index is -0.283. The smallest absolute Gasteiger partial charge is 0.255 e. The van der Waals surface area contributed by atoms with Gasteiger partial charge in [0.2, 0.25) is 0 Å². The molecule has 0 saturated heterocycles. The van der Waals surface area contributed by atoms with Crippen LogP contribution >= 0.6 is 11.6 Å². The Labute approximate surface area is 183 Å². The number of nitrogens with zero attached hydrogens (tertiary/aromatic N) is 3. The number of benzene rings is 3. The zero-order valence-corrected chi connectivity index (χ0v) is 17.8. The van der Waals surface area contributed by atoms with Gasteiger partial charge in [-0.2, -0.15) is 4.80 Å². The number of carbonyl (C=O) groups is 1. The molecule has 0 spiro atoms. The number of nitrogens with one attached hydrogen (secondary N) is 1. The Kier molecular flexibility index (Phi) is 5.64. The van der Waals surface area contributed by atoms with E-state index in [1.165, 1.54) is 11.9 Å². The summed E-state index contributed by atoms with van der Waals surface area (Å²) < 4.78 is 15.6. The van der Waals surface area contributed by atoms with Gasteiger partial charge in [-0.1, -0.05) is 11.6 Å². The average Bonchev–Trinajstić information content (AvgIpc) is 3.22. The van der Waals surface area contributed by atoms with E-state index in [1.807, 2.05) is 6.07 Å². The van der Waals surface area contributed by atoms with Crippen LogP contribution in [0.5, 0.6) is 17.2 Å². The molecule has 8 nitrogen and oxygen atoms in total. The first-order chi connectivity index (χ1) is 15.0. The second kappa shape index (κ2) is 8.53. The number of hydrogen-bond acceptors (Lipinski definition) is 6. The SMILES string of the molecule is COc1ccc(-n2nc3ccc(NC(=O)c4ccc(OC)c(OC)c4)cc3n2)cc1Cl. The van der Waals surface area contributed by atoms with Crippen LogP contribution in [0.25, 0.3) is 16.7 Å². The molecule has 0 bridgehead atoms. The van der Waals surface area contributed by atoms with Gasteiger partial charge in [0.1, 0.15) is 16.8 Å². The molecule has 0 unspecified atom stereocenters. The van der Waals surface area contributed by atoms with E-state index < -0.39 is 0 Å². The Morgan fingerprint density at radius 2 is 1.55 bits per heavy atom. The van der Waals surface area contributed by atoms with E-state index in [2.05, 4.69) is 15.5 Å². The maximum absolute atomic E-state index is 12.7. The predicted molar refractivity (Wildman–Crippen MR) is 118 cm³/mol. The fourth-order valence-electron chi connectivity index (χ4n) is 3.07. The highest BCUT2D eigenvalue weighted by Crippen LogP contribution is 2.29. The first-order valence-electron chi connectivity index (χ1n) is 9.27. The molecule has 1 heterocycles. The number of halogens is 1. The third kappa shape index (κ3) is 4.10. The Morgan fingerprint density at radius 3 is 2.26 bits per heavy atom. The number of methoxy groups -OCH3 is 3. The highest BCUT2D eigenvalue weighted by molar-refractivity contribution is 6.32. The topological polar surface area (TPSA) is 87.5 Å². The van der Waals surface area contributed by atoms with Crippen LogP contribution in [0.3, 0.4) is 0 Å². The lowest BCUT2D eigenvalue weighted by molar-refractivity contribution is 0.102. The van der Waals surface area contributed by atoms with Crippen LogP contribution in [0.15, 0.2) is 54.6 Å². The zero-order valence-electron chi connectivity index (χ0n) is 17.0. The minimum absolute atomic E-state index is 0.283. The fourth-order valence-corrected chi connectivity index (χ4v) is 3.32. The van der Waals surface area contributed by atoms with Gasteiger partial charge in [-0.3, -0.25) is 4.79 Å². The lowest BCUT2D eigenvalue weighted by Crippen LogP contribution is -2.12. The van der Waals surface area contributed by atoms with Gasteiger partial charge in [0.05, 0.1) is 32.0 Å². The second-order valence-corrected chi connectivity index (χ2v) is 6.94. The van der Waals surface area contributed by atoms with Gasteiger partial charge >= 0.3 is 0 Å². The quantitative estimate of drug-likeness (QED) is 0.481. The maximum Gasteiger partial charge on any atom is 0.255 e. The summed E-state index contributed by atoms with van der Waals surface area (Å²) in [4.78, 5) is 14.1. The molecule has 158 valence electrons. The molecule has 4 rings (SSSR count). The number of anilines is 1. The molecule has 1 amide bonds. The Balaban J connectivity index is 1.58. The number of amides is 1. The van der Waals surface area contributed by atoms with Crippen LogP contribution in [0, 0.1) is 0 Å². The van der Waals surface area contributed by atoms with Crippen molar-refractivity contribution in [1.82, 2.24) is 15.0 Å². The van der Waals surface area contributed by atoms with E-state index >= 15 is 0 Å². The summed E-state index contributed by atoms with van der Waals surface area (Å²) in [5.41, 5.74) is 3.02. The molecule has 0 aliphatic carbocycles. The minimum Gasteiger partial charge on any atom is -0.495 e. The molecular weight excluding hydrogens is 420 g/mol. The number of hydrogen-bond donors (Lipinski definition) is 1. The van der Waals surface area contributed by atoms with Gasteiger partial charge in [0.15, 0.2) is 11.5 Å². The normalized spacial score (nSPS) is 10.7. The molecule has 0 fully saturated rings. The van der Waals surface area contributed by atoms with Crippen LogP contribution in [0.4, 0.5) is 5.69 Å². The third-order valence-corrected chi connectivity index (χ3v) is 4.95. The van der Waals surface area contributed by atoms with E-state index in [9.17, 15) is 4.79 Å². The van der Waals surface area contributed by atoms with Crippen LogP contribution < -0.4 is 19.5 Å². The van der Waals surface area contributed by atoms with Crippen molar-refractivity contribution in [2.45, 2.75) is 0 Å². The van der Waals surface area contributed by atoms with Crippen LogP contribution in [-0.4, -0.2) is 42.2 Å². The molecule has 0 aliphatic rings. The van der Waals surface area contributed by atoms with Crippen molar-refractivity contribution in [2.75, 3.05) is 26.6 Å². The summed E-state index contributed by atoms with van der Waals surface area (Å²) in [6.07, 6.45) is 0. The van der Waals surface area contributed by atoms with Crippen molar-refractivity contribution in [1.29, 1.82) is 0 Å². The Bertz CT molecular complexity index is 1270. The molecule has 3 aromatic carbocycles. The molecule has 1 aromatic heterocycles. The van der Waals surface area contributed by atoms with Gasteiger partial charge in [-0.05, 0) is 54.6 Å². The monoisotopic (exact) mass is 438 g/mol. The molecular formula is C22H19ClN4O4. The number of rotatable bonds is 6. The largest absolute Gasteiger partial charge is 0.495 e. The number of carbonyl (C=O) groups excluding carboxylic acids is 1. The molecule has 1 N–H and O–H groups in total. The highest BCUT2D eigenvalue weighted by Gasteiger charge is 2.13. The van der Waals surface area contributed by atoms with Crippen molar-refractivity contribution in [2.24, 2.45) is 0 Å². The average molecular weight is 439 g/mol. The van der Waals surface area contributed by atoms with E-state index in [-0.39, 0.29) is 5.91 Å². The van der Waals surface area contributed by atoms with E-state index in [0.29, 0.717) is 50.2 Å². The molecule has 0 atom stereocenters. The second-order valence-electron chi connectivity index (χ2n) is 6.54. The lowest BCUT2D eigenvalue weighted by Gasteiger charge is -2.10. The number of ether oxygens (including phenoxy) is 3. The van der Waals surface area contributed by atoms with Gasteiger partial charge in [0.25, 0.3) is 5.91 Å². The van der Waals surface area contributed by atoms with Gasteiger partial charge in [0, 0.05) is 11.3 Å². The van der Waals surface area contributed by atoms with Crippen molar-refractivity contribution >= 4 is 34.2 Å². The molecule has 0 saturated carbocycles. The van der Waals surface area contributed by atoms with Crippen LogP contribution in [0.2, 0.25) is 5.02 Å². The summed E-state index contributed by atoms with van der Waals surface area (Å²) in [5.74, 6) is 1.32. The standard InChI is InChI=1S/C22H19ClN4O4/c1-29-19-9-6-15(12-16(19)23)27-25-17-7-5-14(11-18(17)26-27)24-22(28)13-4-8-20(30-2)21(10-13)31-3/h4-12H,1-3H3,(H,24,28). The van der Waals surface area contributed by atoms with Crippen LogP contribution in [0.1, 0.15) is 10.4 Å². The first kappa shape index (κ1) is 20.5. The van der Waals surface area contributed by atoms with Gasteiger partial charge in [-0.25, -0.2) is 0 Å². The molecule has 31 heavy (non-hydrogen) atoms. The summed E-state index contributed by atoms with van der Waals surface area (Å²) in [7, 11) is 4.62. The van der Waals surface area contributed by atoms with Crippen molar-refractivity contribution < 1.29 is 19.0 Å². The molecule has 4 aromatic rings. The van der Waals surface area contributed by atoms with Crippen molar-refractivity contribution in [3.05, 3.63) is 65.2 Å². The Hall–Kier alpha value is -3.78. The summed E-state index contributed by atoms with van der Waals surface area (Å²) >= 11 is 6.20. The predicted octanol–water partition coefficient (Wildman–Crippen LogP) is 4.35. The summed E-state index contributed by atoms with van der Waals surface area (Å²) in [5, 5.41) is 12.3. The fraction of sp³-hybridized carbons (Fsp3) is 0.136. The van der Waals surface area contributed by atoms with E-state index in [0.717, 1.165) is 0 Å². The number of aromatic nitrogens is 3. The van der Waals surface area contributed by atoms with E-state index in [4.69, 9.17) is 25.8 Å². The Morgan fingerprint density at radius 1 is 0.839 bits per heavy atom. The van der Waals surface area contributed by atoms with Crippen molar-refractivity contribution in [3.8, 4) is 22.9 Å². The summed E-state index contributed by atoms with van der Waals surface area (Å²) in [6.45, 7) is 0. The number of fused-ring (bicyclic) bond motifs is 1. The maximum atomic E-state index is 12.7. The first-order valence-corrected chi connectivity index (χ1v) is 9.64. The zero-order chi connectivity index (χ0) is 22.0. The molecule has 0 aliphatic heterocycles. The lowest BCUT2D eigenvalue weighted by atomic mass is 10.1. The van der Waals surface area contributed by atoms with Gasteiger partial charge < -0.3 is 19.5 Å². The van der Waals surface area contributed by atoms with Crippen molar-refractivity contribution in [3.63, 3.8) is 0 Å². The van der Waals surface area contributed by atoms with Gasteiger partial charge in [-0.15, -0.1) is 10.2 Å². The third-order valence-electron chi connectivity index (χ3n) is 4.65. The molecule has 0 radical (unpaired) electrons. The highest BCUT2D eigenvalue weighted by atomic mass is 35.5. The summed E-state index contributed by atoms with van der Waals surface area (Å²) in [6, 6.07) is 15.6. The van der Waals surface area contributed by atoms with Crippen LogP contribution in [-0.2, 0) is 0 Å². The van der Waals surface area contributed by atoms with E-state index in [1.54, 1.807) is 62.8 Å². The molecule has 9 heteroatoms.